The Hall–Kier alpha value is -3.23. The summed E-state index contributed by atoms with van der Waals surface area (Å²) in [5, 5.41) is 3.31. The van der Waals surface area contributed by atoms with Crippen LogP contribution in [0.3, 0.4) is 0 Å². The number of hydrogen-bond donors (Lipinski definition) is 1. The minimum absolute atomic E-state index is 0.00733. The van der Waals surface area contributed by atoms with Gasteiger partial charge < -0.3 is 24.3 Å². The molecule has 0 aromatic heterocycles. The lowest BCUT2D eigenvalue weighted by Gasteiger charge is -2.35. The summed E-state index contributed by atoms with van der Waals surface area (Å²) in [5.74, 6) is -0.661. The lowest BCUT2D eigenvalue weighted by molar-refractivity contribution is -0.151. The minimum Gasteiger partial charge on any atom is -0.461 e. The number of hydrogen-bond acceptors (Lipinski definition) is 7. The molecule has 1 atom stereocenters. The molecule has 2 saturated carbocycles. The number of ether oxygens (including phenoxy) is 4. The Balaban J connectivity index is 1.17. The molecule has 3 aliphatic rings. The maximum absolute atomic E-state index is 13.9. The summed E-state index contributed by atoms with van der Waals surface area (Å²) in [6.07, 6.45) is 9.80. The lowest BCUT2D eigenvalue weighted by Crippen LogP contribution is -2.47. The number of carbonyl (C=O) groups excluding carboxylic acids is 3. The zero-order chi connectivity index (χ0) is 30.8. The average Bonchev–Trinajstić information content (AvgIpc) is 3.72. The normalized spacial score (nSPS) is 21.3. The number of benzene rings is 2. The summed E-state index contributed by atoms with van der Waals surface area (Å²) in [5.41, 5.74) is 2.90. The summed E-state index contributed by atoms with van der Waals surface area (Å²) in [7, 11) is 1.61. The largest absolute Gasteiger partial charge is 0.461 e. The van der Waals surface area contributed by atoms with Crippen LogP contribution in [0.25, 0.3) is 0 Å². The fourth-order valence-electron chi connectivity index (χ4n) is 7.10. The molecular formula is C36H47NO7. The van der Waals surface area contributed by atoms with Crippen LogP contribution >= 0.6 is 0 Å². The Labute approximate surface area is 261 Å². The first-order valence-corrected chi connectivity index (χ1v) is 16.4. The van der Waals surface area contributed by atoms with E-state index in [9.17, 15) is 14.4 Å². The van der Waals surface area contributed by atoms with Gasteiger partial charge in [-0.15, -0.1) is 0 Å². The van der Waals surface area contributed by atoms with Crippen molar-refractivity contribution in [2.75, 3.05) is 26.9 Å². The number of carbonyl (C=O) groups is 3. The van der Waals surface area contributed by atoms with Gasteiger partial charge in [-0.2, -0.15) is 0 Å². The highest BCUT2D eigenvalue weighted by molar-refractivity contribution is 5.84. The summed E-state index contributed by atoms with van der Waals surface area (Å²) in [4.78, 5) is 40.2. The summed E-state index contributed by atoms with van der Waals surface area (Å²) in [6, 6.07) is 15.6. The first-order valence-electron chi connectivity index (χ1n) is 16.4. The van der Waals surface area contributed by atoms with Crippen LogP contribution in [0.15, 0.2) is 48.5 Å². The van der Waals surface area contributed by atoms with Crippen LogP contribution in [0.4, 0.5) is 0 Å². The van der Waals surface area contributed by atoms with Crippen molar-refractivity contribution in [3.63, 3.8) is 0 Å². The van der Waals surface area contributed by atoms with Crippen LogP contribution in [0, 0.1) is 17.3 Å². The van der Waals surface area contributed by atoms with Crippen molar-refractivity contribution in [1.29, 1.82) is 0 Å². The highest BCUT2D eigenvalue weighted by atomic mass is 16.5. The predicted molar refractivity (Wildman–Crippen MR) is 166 cm³/mol. The van der Waals surface area contributed by atoms with Gasteiger partial charge >= 0.3 is 11.9 Å². The maximum atomic E-state index is 13.9. The molecule has 3 aliphatic carbocycles. The standard InChI is InChI=1S/C36H47NO7/c1-41-20-21-42-25-30(34(39)44-32-17-14-27-10-7-11-29(27)22-32)23-36(18-5-6-19-36)35(40)37-31-15-12-28(13-16-31)33(38)43-24-26-8-3-2-4-9-26/h2-4,8-9,14,17,22,28,30-31H,5-7,10-13,15-16,18-21,23-25H2,1H3,(H,37,40)/t28?,30-,31?/m0/s1. The van der Waals surface area contributed by atoms with Crippen LogP contribution < -0.4 is 10.1 Å². The number of esters is 2. The van der Waals surface area contributed by atoms with Gasteiger partial charge in [0.05, 0.1) is 37.1 Å². The zero-order valence-electron chi connectivity index (χ0n) is 26.0. The van der Waals surface area contributed by atoms with Crippen molar-refractivity contribution >= 4 is 17.8 Å². The van der Waals surface area contributed by atoms with Gasteiger partial charge in [-0.05, 0) is 93.0 Å². The van der Waals surface area contributed by atoms with E-state index in [2.05, 4.69) is 11.4 Å². The molecule has 1 N–H and O–H groups in total. The van der Waals surface area contributed by atoms with Crippen molar-refractivity contribution < 1.29 is 33.3 Å². The molecule has 8 nitrogen and oxygen atoms in total. The van der Waals surface area contributed by atoms with Crippen LogP contribution in [-0.4, -0.2) is 50.8 Å². The van der Waals surface area contributed by atoms with E-state index in [1.54, 1.807) is 7.11 Å². The Morgan fingerprint density at radius 2 is 1.66 bits per heavy atom. The smallest absolute Gasteiger partial charge is 0.316 e. The van der Waals surface area contributed by atoms with Gasteiger partial charge in [0.1, 0.15) is 12.4 Å². The molecule has 1 amide bonds. The van der Waals surface area contributed by atoms with E-state index in [0.29, 0.717) is 38.2 Å². The number of rotatable bonds is 14. The fourth-order valence-corrected chi connectivity index (χ4v) is 7.10. The van der Waals surface area contributed by atoms with Gasteiger partial charge in [0.25, 0.3) is 0 Å². The van der Waals surface area contributed by atoms with E-state index in [1.807, 2.05) is 42.5 Å². The number of amides is 1. The Bertz CT molecular complexity index is 1250. The van der Waals surface area contributed by atoms with E-state index >= 15 is 0 Å². The molecule has 8 heteroatoms. The first kappa shape index (κ1) is 32.2. The van der Waals surface area contributed by atoms with Crippen molar-refractivity contribution in [3.05, 3.63) is 65.2 Å². The molecule has 44 heavy (non-hydrogen) atoms. The van der Waals surface area contributed by atoms with Gasteiger partial charge in [-0.3, -0.25) is 14.4 Å². The number of methoxy groups -OCH3 is 1. The molecule has 5 rings (SSSR count). The van der Waals surface area contributed by atoms with Gasteiger partial charge in [-0.25, -0.2) is 0 Å². The average molecular weight is 606 g/mol. The third kappa shape index (κ3) is 8.48. The van der Waals surface area contributed by atoms with E-state index in [1.165, 1.54) is 11.1 Å². The van der Waals surface area contributed by atoms with Crippen LogP contribution in [0.5, 0.6) is 5.75 Å². The second-order valence-corrected chi connectivity index (χ2v) is 12.8. The second kappa shape index (κ2) is 15.7. The quantitative estimate of drug-likeness (QED) is 0.167. The highest BCUT2D eigenvalue weighted by Crippen LogP contribution is 2.44. The second-order valence-electron chi connectivity index (χ2n) is 12.8. The molecule has 0 saturated heterocycles. The van der Waals surface area contributed by atoms with E-state index in [4.69, 9.17) is 18.9 Å². The molecule has 0 spiro atoms. The van der Waals surface area contributed by atoms with Gasteiger partial charge in [0, 0.05) is 13.2 Å². The Morgan fingerprint density at radius 3 is 2.41 bits per heavy atom. The summed E-state index contributed by atoms with van der Waals surface area (Å²) < 4.78 is 22.4. The fraction of sp³-hybridized carbons (Fsp3) is 0.583. The van der Waals surface area contributed by atoms with Gasteiger partial charge in [0.15, 0.2) is 0 Å². The topological polar surface area (TPSA) is 100 Å². The third-order valence-electron chi connectivity index (χ3n) is 9.67. The summed E-state index contributed by atoms with van der Waals surface area (Å²) in [6.45, 7) is 1.26. The number of nitrogens with one attached hydrogen (secondary N) is 1. The van der Waals surface area contributed by atoms with Crippen molar-refractivity contribution in [3.8, 4) is 5.75 Å². The van der Waals surface area contributed by atoms with Crippen molar-refractivity contribution in [2.45, 2.75) is 89.7 Å². The molecule has 238 valence electrons. The predicted octanol–water partition coefficient (Wildman–Crippen LogP) is 5.73. The molecule has 0 aliphatic heterocycles. The first-order chi connectivity index (χ1) is 21.5. The highest BCUT2D eigenvalue weighted by Gasteiger charge is 2.45. The number of fused-ring (bicyclic) bond motifs is 1. The van der Waals surface area contributed by atoms with Crippen LogP contribution in [-0.2, 0) is 48.0 Å². The molecule has 0 bridgehead atoms. The third-order valence-corrected chi connectivity index (χ3v) is 9.67. The molecule has 0 heterocycles. The van der Waals surface area contributed by atoms with Crippen molar-refractivity contribution in [1.82, 2.24) is 5.32 Å². The minimum atomic E-state index is -0.641. The zero-order valence-corrected chi connectivity index (χ0v) is 26.0. The molecule has 0 radical (unpaired) electrons. The molecular weight excluding hydrogens is 558 g/mol. The van der Waals surface area contributed by atoms with Crippen molar-refractivity contribution in [2.24, 2.45) is 17.3 Å². The monoisotopic (exact) mass is 605 g/mol. The van der Waals surface area contributed by atoms with Crippen LogP contribution in [0.1, 0.15) is 80.9 Å². The molecule has 0 unspecified atom stereocenters. The molecule has 2 aromatic rings. The summed E-state index contributed by atoms with van der Waals surface area (Å²) >= 11 is 0. The Morgan fingerprint density at radius 1 is 0.909 bits per heavy atom. The Kier molecular flexibility index (Phi) is 11.5. The van der Waals surface area contributed by atoms with E-state index in [0.717, 1.165) is 63.4 Å². The molecule has 2 fully saturated rings. The molecule has 2 aromatic carbocycles. The van der Waals surface area contributed by atoms with E-state index < -0.39 is 11.3 Å². The number of aryl methyl sites for hydroxylation is 2. The maximum Gasteiger partial charge on any atom is 0.316 e. The van der Waals surface area contributed by atoms with Gasteiger partial charge in [-0.1, -0.05) is 49.2 Å². The van der Waals surface area contributed by atoms with E-state index in [-0.39, 0.29) is 43.0 Å². The van der Waals surface area contributed by atoms with Gasteiger partial charge in [0.2, 0.25) is 5.91 Å². The SMILES string of the molecule is COCCOC[C@H](CC1(C(=O)NC2CCC(C(=O)OCc3ccccc3)CC2)CCCC1)C(=O)Oc1ccc2c(c1)CCC2. The lowest BCUT2D eigenvalue weighted by atomic mass is 9.76. The van der Waals surface area contributed by atoms with Crippen LogP contribution in [0.2, 0.25) is 0 Å².